The Balaban J connectivity index is 2.24. The lowest BCUT2D eigenvalue weighted by Crippen LogP contribution is -2.41. The van der Waals surface area contributed by atoms with Gasteiger partial charge in [0.25, 0.3) is 0 Å². The zero-order chi connectivity index (χ0) is 13.8. The fourth-order valence-corrected chi connectivity index (χ4v) is 3.05. The summed E-state index contributed by atoms with van der Waals surface area (Å²) in [6.45, 7) is 7.05. The molecule has 0 saturated carbocycles. The van der Waals surface area contributed by atoms with Crippen molar-refractivity contribution in [3.63, 3.8) is 0 Å². The monoisotopic (exact) mass is 327 g/mol. The number of ether oxygens (including phenoxy) is 1. The van der Waals surface area contributed by atoms with Crippen molar-refractivity contribution in [3.05, 3.63) is 11.8 Å². The molecule has 4 nitrogen and oxygen atoms in total. The molecule has 0 aromatic carbocycles. The Morgan fingerprint density at radius 3 is 2.89 bits per heavy atom. The zero-order valence-corrected chi connectivity index (χ0v) is 13.5. The van der Waals surface area contributed by atoms with E-state index in [0.717, 1.165) is 23.5 Å². The van der Waals surface area contributed by atoms with E-state index in [1.807, 2.05) is 26.8 Å². The number of halogens is 1. The van der Waals surface area contributed by atoms with Gasteiger partial charge in [-0.1, -0.05) is 15.9 Å². The molecule has 1 unspecified atom stereocenters. The van der Waals surface area contributed by atoms with Crippen molar-refractivity contribution in [1.29, 1.82) is 0 Å². The molecule has 0 bridgehead atoms. The summed E-state index contributed by atoms with van der Waals surface area (Å²) in [6, 6.07) is 2.39. The Labute approximate surface area is 123 Å². The third kappa shape index (κ3) is 3.81. The van der Waals surface area contributed by atoms with E-state index in [1.54, 1.807) is 0 Å². The van der Waals surface area contributed by atoms with Gasteiger partial charge >= 0.3 is 0 Å². The minimum Gasteiger partial charge on any atom is -0.475 e. The number of aromatic nitrogens is 2. The number of anilines is 1. The number of hydrogen-bond acceptors (Lipinski definition) is 4. The largest absolute Gasteiger partial charge is 0.475 e. The van der Waals surface area contributed by atoms with E-state index >= 15 is 0 Å². The normalized spacial score (nSPS) is 19.8. The van der Waals surface area contributed by atoms with Gasteiger partial charge in [0.15, 0.2) is 0 Å². The van der Waals surface area contributed by atoms with Gasteiger partial charge in [0.2, 0.25) is 11.8 Å². The fraction of sp³-hybridized carbons (Fsp3) is 0.714. The zero-order valence-electron chi connectivity index (χ0n) is 11.9. The number of aryl methyl sites for hydroxylation is 1. The van der Waals surface area contributed by atoms with E-state index in [2.05, 4.69) is 30.8 Å². The first kappa shape index (κ1) is 14.6. The SMILES string of the molecule is Cc1cc(OC(C)C)nc(N2CCCCC2CBr)n1. The van der Waals surface area contributed by atoms with Crippen LogP contribution < -0.4 is 9.64 Å². The quantitative estimate of drug-likeness (QED) is 0.795. The molecule has 5 heteroatoms. The summed E-state index contributed by atoms with van der Waals surface area (Å²) in [7, 11) is 0. The van der Waals surface area contributed by atoms with Crippen LogP contribution in [0, 0.1) is 6.92 Å². The first-order valence-corrected chi connectivity index (χ1v) is 8.07. The van der Waals surface area contributed by atoms with Crippen LogP contribution in [-0.2, 0) is 0 Å². The van der Waals surface area contributed by atoms with Gasteiger partial charge in [-0.15, -0.1) is 0 Å². The number of rotatable bonds is 4. The molecule has 1 aromatic rings. The predicted octanol–water partition coefficient (Wildman–Crippen LogP) is 3.33. The van der Waals surface area contributed by atoms with Crippen LogP contribution in [0.15, 0.2) is 6.07 Å². The topological polar surface area (TPSA) is 38.2 Å². The fourth-order valence-electron chi connectivity index (χ4n) is 2.38. The lowest BCUT2D eigenvalue weighted by Gasteiger charge is -2.35. The molecule has 1 aromatic heterocycles. The highest BCUT2D eigenvalue weighted by Gasteiger charge is 2.24. The molecule has 2 rings (SSSR count). The molecule has 0 spiro atoms. The number of piperidine rings is 1. The summed E-state index contributed by atoms with van der Waals surface area (Å²) in [6.07, 6.45) is 3.83. The van der Waals surface area contributed by atoms with Gasteiger partial charge in [-0.2, -0.15) is 4.98 Å². The van der Waals surface area contributed by atoms with Crippen LogP contribution in [0.2, 0.25) is 0 Å². The lowest BCUT2D eigenvalue weighted by molar-refractivity contribution is 0.232. The summed E-state index contributed by atoms with van der Waals surface area (Å²) in [5.41, 5.74) is 0.958. The van der Waals surface area contributed by atoms with Crippen molar-refractivity contribution in [3.8, 4) is 5.88 Å². The molecule has 1 saturated heterocycles. The standard InChI is InChI=1S/C14H22BrN3O/c1-10(2)19-13-8-11(3)16-14(17-13)18-7-5-4-6-12(18)9-15/h8,10,12H,4-7,9H2,1-3H3. The maximum absolute atomic E-state index is 5.71. The minimum absolute atomic E-state index is 0.135. The Bertz CT molecular complexity index is 425. The van der Waals surface area contributed by atoms with Crippen molar-refractivity contribution in [2.45, 2.75) is 52.2 Å². The van der Waals surface area contributed by atoms with Crippen LogP contribution in [0.25, 0.3) is 0 Å². The van der Waals surface area contributed by atoms with E-state index < -0.39 is 0 Å². The molecule has 0 N–H and O–H groups in total. The highest BCUT2D eigenvalue weighted by Crippen LogP contribution is 2.25. The summed E-state index contributed by atoms with van der Waals surface area (Å²) < 4.78 is 5.71. The van der Waals surface area contributed by atoms with Crippen molar-refractivity contribution in [1.82, 2.24) is 9.97 Å². The molecular formula is C14H22BrN3O. The van der Waals surface area contributed by atoms with Gasteiger partial charge in [-0.3, -0.25) is 0 Å². The highest BCUT2D eigenvalue weighted by atomic mass is 79.9. The average molecular weight is 328 g/mol. The Kier molecular flexibility index (Phi) is 5.02. The molecule has 19 heavy (non-hydrogen) atoms. The maximum Gasteiger partial charge on any atom is 0.229 e. The van der Waals surface area contributed by atoms with E-state index in [1.165, 1.54) is 19.3 Å². The summed E-state index contributed by atoms with van der Waals surface area (Å²) in [5, 5.41) is 0.963. The number of hydrogen-bond donors (Lipinski definition) is 0. The van der Waals surface area contributed by atoms with Gasteiger partial charge < -0.3 is 9.64 Å². The van der Waals surface area contributed by atoms with Crippen LogP contribution in [0.1, 0.15) is 38.8 Å². The molecule has 0 amide bonds. The third-order valence-electron chi connectivity index (χ3n) is 3.24. The summed E-state index contributed by atoms with van der Waals surface area (Å²) in [5.74, 6) is 1.48. The Morgan fingerprint density at radius 1 is 1.42 bits per heavy atom. The molecule has 1 aliphatic rings. The van der Waals surface area contributed by atoms with Crippen LogP contribution in [-0.4, -0.2) is 34.0 Å². The molecular weight excluding hydrogens is 306 g/mol. The summed E-state index contributed by atoms with van der Waals surface area (Å²) in [4.78, 5) is 11.4. The van der Waals surface area contributed by atoms with E-state index in [4.69, 9.17) is 4.74 Å². The number of nitrogens with zero attached hydrogens (tertiary/aromatic N) is 3. The minimum atomic E-state index is 0.135. The third-order valence-corrected chi connectivity index (χ3v) is 3.98. The molecule has 2 heterocycles. The van der Waals surface area contributed by atoms with Crippen LogP contribution in [0.5, 0.6) is 5.88 Å². The van der Waals surface area contributed by atoms with Gasteiger partial charge in [0.05, 0.1) is 6.10 Å². The Hall–Kier alpha value is -0.840. The van der Waals surface area contributed by atoms with Gasteiger partial charge in [-0.05, 0) is 40.0 Å². The van der Waals surface area contributed by atoms with Crippen molar-refractivity contribution < 1.29 is 4.74 Å². The van der Waals surface area contributed by atoms with Crippen LogP contribution >= 0.6 is 15.9 Å². The second-order valence-corrected chi connectivity index (χ2v) is 5.96. The smallest absolute Gasteiger partial charge is 0.229 e. The van der Waals surface area contributed by atoms with Crippen LogP contribution in [0.3, 0.4) is 0 Å². The molecule has 106 valence electrons. The molecule has 0 aliphatic carbocycles. The molecule has 1 fully saturated rings. The van der Waals surface area contributed by atoms with Crippen molar-refractivity contribution >= 4 is 21.9 Å². The second kappa shape index (κ2) is 6.55. The van der Waals surface area contributed by atoms with E-state index in [-0.39, 0.29) is 6.10 Å². The first-order valence-electron chi connectivity index (χ1n) is 6.95. The summed E-state index contributed by atoms with van der Waals surface area (Å²) >= 11 is 3.60. The molecule has 0 radical (unpaired) electrons. The molecule has 1 aliphatic heterocycles. The van der Waals surface area contributed by atoms with Crippen molar-refractivity contribution in [2.24, 2.45) is 0 Å². The molecule has 1 atom stereocenters. The lowest BCUT2D eigenvalue weighted by atomic mass is 10.0. The Morgan fingerprint density at radius 2 is 2.21 bits per heavy atom. The van der Waals surface area contributed by atoms with Gasteiger partial charge in [0.1, 0.15) is 0 Å². The van der Waals surface area contributed by atoms with Crippen LogP contribution in [0.4, 0.5) is 5.95 Å². The number of alkyl halides is 1. The predicted molar refractivity (Wildman–Crippen MR) is 81.3 cm³/mol. The van der Waals surface area contributed by atoms with E-state index in [9.17, 15) is 0 Å². The van der Waals surface area contributed by atoms with Gasteiger partial charge in [-0.25, -0.2) is 4.98 Å². The highest BCUT2D eigenvalue weighted by molar-refractivity contribution is 9.09. The first-order chi connectivity index (χ1) is 9.10. The second-order valence-electron chi connectivity index (χ2n) is 5.31. The average Bonchev–Trinajstić information content (AvgIpc) is 2.37. The van der Waals surface area contributed by atoms with Crippen molar-refractivity contribution in [2.75, 3.05) is 16.8 Å². The van der Waals surface area contributed by atoms with Gasteiger partial charge in [0, 0.05) is 29.7 Å². The van der Waals surface area contributed by atoms with E-state index in [0.29, 0.717) is 11.9 Å². The maximum atomic E-state index is 5.71.